The number of nitrogens with one attached hydrogen (secondary N) is 2. The van der Waals surface area contributed by atoms with Crippen molar-refractivity contribution in [2.75, 3.05) is 19.0 Å². The Bertz CT molecular complexity index is 428. The molecule has 2 rings (SSSR count). The van der Waals surface area contributed by atoms with Crippen molar-refractivity contribution >= 4 is 27.5 Å². The number of rotatable bonds is 5. The SMILES string of the molecule is CNC1CCC(OCC(=O)Nc2ccc(Br)cc2)CC1. The molecule has 0 atom stereocenters. The van der Waals surface area contributed by atoms with E-state index < -0.39 is 0 Å². The normalized spacial score (nSPS) is 22.5. The molecule has 1 fully saturated rings. The van der Waals surface area contributed by atoms with E-state index >= 15 is 0 Å². The van der Waals surface area contributed by atoms with Crippen molar-refractivity contribution in [3.63, 3.8) is 0 Å². The molecule has 1 amide bonds. The molecule has 4 nitrogen and oxygen atoms in total. The van der Waals surface area contributed by atoms with E-state index in [1.165, 1.54) is 0 Å². The van der Waals surface area contributed by atoms with Gasteiger partial charge in [-0.15, -0.1) is 0 Å². The minimum absolute atomic E-state index is 0.0944. The van der Waals surface area contributed by atoms with E-state index in [9.17, 15) is 4.79 Å². The highest BCUT2D eigenvalue weighted by Crippen LogP contribution is 2.21. The summed E-state index contributed by atoms with van der Waals surface area (Å²) < 4.78 is 6.68. The molecule has 0 radical (unpaired) electrons. The van der Waals surface area contributed by atoms with Crippen molar-refractivity contribution in [1.29, 1.82) is 0 Å². The smallest absolute Gasteiger partial charge is 0.250 e. The molecule has 1 aliphatic rings. The van der Waals surface area contributed by atoms with E-state index in [1.54, 1.807) is 0 Å². The maximum absolute atomic E-state index is 11.8. The van der Waals surface area contributed by atoms with Crippen LogP contribution in [0.2, 0.25) is 0 Å². The van der Waals surface area contributed by atoms with Gasteiger partial charge in [-0.3, -0.25) is 4.79 Å². The lowest BCUT2D eigenvalue weighted by molar-refractivity contribution is -0.123. The number of halogens is 1. The van der Waals surface area contributed by atoms with Crippen molar-refractivity contribution in [1.82, 2.24) is 5.32 Å². The van der Waals surface area contributed by atoms with Crippen LogP contribution in [0.15, 0.2) is 28.7 Å². The van der Waals surface area contributed by atoms with Gasteiger partial charge in [0.1, 0.15) is 6.61 Å². The number of anilines is 1. The monoisotopic (exact) mass is 340 g/mol. The molecule has 1 aromatic carbocycles. The fourth-order valence-corrected chi connectivity index (χ4v) is 2.71. The maximum atomic E-state index is 11.8. The Morgan fingerprint density at radius 2 is 1.90 bits per heavy atom. The molecule has 0 heterocycles. The van der Waals surface area contributed by atoms with Gasteiger partial charge < -0.3 is 15.4 Å². The van der Waals surface area contributed by atoms with Crippen molar-refractivity contribution in [2.24, 2.45) is 0 Å². The van der Waals surface area contributed by atoms with E-state index in [2.05, 4.69) is 26.6 Å². The van der Waals surface area contributed by atoms with E-state index in [0.29, 0.717) is 6.04 Å². The zero-order valence-corrected chi connectivity index (χ0v) is 13.3. The Morgan fingerprint density at radius 1 is 1.25 bits per heavy atom. The van der Waals surface area contributed by atoms with Gasteiger partial charge in [-0.25, -0.2) is 0 Å². The van der Waals surface area contributed by atoms with Gasteiger partial charge in [0.25, 0.3) is 0 Å². The molecule has 0 aromatic heterocycles. The second-order valence-corrected chi connectivity index (χ2v) is 6.04. The first-order valence-electron chi connectivity index (χ1n) is 7.01. The van der Waals surface area contributed by atoms with Gasteiger partial charge in [0, 0.05) is 16.2 Å². The molecular weight excluding hydrogens is 320 g/mol. The van der Waals surface area contributed by atoms with Crippen LogP contribution in [0, 0.1) is 0 Å². The zero-order chi connectivity index (χ0) is 14.4. The highest BCUT2D eigenvalue weighted by molar-refractivity contribution is 9.10. The van der Waals surface area contributed by atoms with Crippen LogP contribution in [0.25, 0.3) is 0 Å². The predicted octanol–water partition coefficient (Wildman–Crippen LogP) is 2.93. The first-order valence-corrected chi connectivity index (χ1v) is 7.81. The fourth-order valence-electron chi connectivity index (χ4n) is 2.44. The van der Waals surface area contributed by atoms with E-state index in [-0.39, 0.29) is 18.6 Å². The number of carbonyl (C=O) groups excluding carboxylic acids is 1. The summed E-state index contributed by atoms with van der Waals surface area (Å²) in [6.45, 7) is 0.130. The van der Waals surface area contributed by atoms with E-state index in [4.69, 9.17) is 4.74 Å². The molecule has 20 heavy (non-hydrogen) atoms. The van der Waals surface area contributed by atoms with Crippen LogP contribution in [0.1, 0.15) is 25.7 Å². The summed E-state index contributed by atoms with van der Waals surface area (Å²) in [5.74, 6) is -0.0944. The van der Waals surface area contributed by atoms with Crippen molar-refractivity contribution in [3.8, 4) is 0 Å². The van der Waals surface area contributed by atoms with Crippen LogP contribution in [-0.4, -0.2) is 31.7 Å². The second-order valence-electron chi connectivity index (χ2n) is 5.13. The third-order valence-electron chi connectivity index (χ3n) is 3.66. The molecule has 2 N–H and O–H groups in total. The summed E-state index contributed by atoms with van der Waals surface area (Å²) in [6, 6.07) is 8.12. The summed E-state index contributed by atoms with van der Waals surface area (Å²) in [7, 11) is 2.00. The topological polar surface area (TPSA) is 50.4 Å². The number of amides is 1. The molecule has 0 spiro atoms. The maximum Gasteiger partial charge on any atom is 0.250 e. The standard InChI is InChI=1S/C15H21BrN2O2/c1-17-12-6-8-14(9-7-12)20-10-15(19)18-13-4-2-11(16)3-5-13/h2-5,12,14,17H,6-10H2,1H3,(H,18,19). The number of ether oxygens (including phenoxy) is 1. The lowest BCUT2D eigenvalue weighted by Gasteiger charge is -2.28. The summed E-state index contributed by atoms with van der Waals surface area (Å²) >= 11 is 3.36. The summed E-state index contributed by atoms with van der Waals surface area (Å²) in [6.07, 6.45) is 4.51. The Balaban J connectivity index is 1.69. The third kappa shape index (κ3) is 4.89. The first-order chi connectivity index (χ1) is 9.67. The third-order valence-corrected chi connectivity index (χ3v) is 4.19. The Morgan fingerprint density at radius 3 is 2.50 bits per heavy atom. The van der Waals surface area contributed by atoms with Gasteiger partial charge in [-0.05, 0) is 57.0 Å². The molecule has 110 valence electrons. The highest BCUT2D eigenvalue weighted by atomic mass is 79.9. The average Bonchev–Trinajstić information content (AvgIpc) is 2.48. The second kappa shape index (κ2) is 7.76. The summed E-state index contributed by atoms with van der Waals surface area (Å²) in [5.41, 5.74) is 0.792. The Hall–Kier alpha value is -0.910. The molecule has 0 unspecified atom stereocenters. The molecule has 1 saturated carbocycles. The lowest BCUT2D eigenvalue weighted by Crippen LogP contribution is -2.34. The van der Waals surface area contributed by atoms with Crippen LogP contribution in [-0.2, 0) is 9.53 Å². The quantitative estimate of drug-likeness (QED) is 0.866. The molecule has 5 heteroatoms. The van der Waals surface area contributed by atoms with Crippen LogP contribution < -0.4 is 10.6 Å². The molecule has 0 saturated heterocycles. The van der Waals surface area contributed by atoms with Crippen molar-refractivity contribution < 1.29 is 9.53 Å². The van der Waals surface area contributed by atoms with Crippen LogP contribution in [0.5, 0.6) is 0 Å². The van der Waals surface area contributed by atoms with Gasteiger partial charge >= 0.3 is 0 Å². The zero-order valence-electron chi connectivity index (χ0n) is 11.7. The number of benzene rings is 1. The number of hydrogen-bond donors (Lipinski definition) is 2. The number of carbonyl (C=O) groups is 1. The number of hydrogen-bond acceptors (Lipinski definition) is 3. The Labute approximate surface area is 128 Å². The minimum Gasteiger partial charge on any atom is -0.368 e. The summed E-state index contributed by atoms with van der Waals surface area (Å²) in [4.78, 5) is 11.8. The molecule has 1 aliphatic carbocycles. The van der Waals surface area contributed by atoms with Gasteiger partial charge in [-0.2, -0.15) is 0 Å². The van der Waals surface area contributed by atoms with E-state index in [0.717, 1.165) is 35.8 Å². The van der Waals surface area contributed by atoms with Gasteiger partial charge in [-0.1, -0.05) is 15.9 Å². The van der Waals surface area contributed by atoms with Crippen LogP contribution in [0.4, 0.5) is 5.69 Å². The van der Waals surface area contributed by atoms with Crippen LogP contribution in [0.3, 0.4) is 0 Å². The van der Waals surface area contributed by atoms with Gasteiger partial charge in [0.2, 0.25) is 5.91 Å². The Kier molecular flexibility index (Phi) is 6.01. The van der Waals surface area contributed by atoms with Gasteiger partial charge in [0.15, 0.2) is 0 Å². The van der Waals surface area contributed by atoms with Crippen molar-refractivity contribution in [2.45, 2.75) is 37.8 Å². The average molecular weight is 341 g/mol. The first kappa shape index (κ1) is 15.5. The molecular formula is C15H21BrN2O2. The minimum atomic E-state index is -0.0944. The van der Waals surface area contributed by atoms with E-state index in [1.807, 2.05) is 31.3 Å². The highest BCUT2D eigenvalue weighted by Gasteiger charge is 2.20. The van der Waals surface area contributed by atoms with Gasteiger partial charge in [0.05, 0.1) is 6.10 Å². The molecule has 0 bridgehead atoms. The van der Waals surface area contributed by atoms with Crippen LogP contribution >= 0.6 is 15.9 Å². The fraction of sp³-hybridized carbons (Fsp3) is 0.533. The summed E-state index contributed by atoms with van der Waals surface area (Å²) in [5, 5.41) is 6.12. The predicted molar refractivity (Wildman–Crippen MR) is 83.8 cm³/mol. The van der Waals surface area contributed by atoms with Crippen molar-refractivity contribution in [3.05, 3.63) is 28.7 Å². The largest absolute Gasteiger partial charge is 0.368 e. The lowest BCUT2D eigenvalue weighted by atomic mass is 9.93. The molecule has 0 aliphatic heterocycles. The molecule has 1 aromatic rings.